The van der Waals surface area contributed by atoms with Gasteiger partial charge >= 0.3 is 5.97 Å². The molecule has 6 nitrogen and oxygen atoms in total. The highest BCUT2D eigenvalue weighted by Crippen LogP contribution is 2.24. The van der Waals surface area contributed by atoms with Crippen LogP contribution in [0.5, 0.6) is 0 Å². The van der Waals surface area contributed by atoms with E-state index < -0.39 is 12.0 Å². The third-order valence-electron chi connectivity index (χ3n) is 4.01. The van der Waals surface area contributed by atoms with Crippen molar-refractivity contribution in [3.05, 3.63) is 35.4 Å². The fourth-order valence-electron chi connectivity index (χ4n) is 2.80. The number of benzene rings is 1. The molecule has 0 aliphatic carbocycles. The predicted octanol–water partition coefficient (Wildman–Crippen LogP) is 0.557. The number of carbonyl (C=O) groups excluding carboxylic acids is 2. The van der Waals surface area contributed by atoms with Crippen LogP contribution in [-0.4, -0.2) is 56.9 Å². The van der Waals surface area contributed by atoms with Crippen LogP contribution in [0.1, 0.15) is 11.1 Å². The van der Waals surface area contributed by atoms with Gasteiger partial charge in [0.2, 0.25) is 11.8 Å². The van der Waals surface area contributed by atoms with E-state index in [1.54, 1.807) is 0 Å². The highest BCUT2D eigenvalue weighted by atomic mass is 32.2. The fourth-order valence-corrected chi connectivity index (χ4v) is 3.70. The number of amides is 2. The van der Waals surface area contributed by atoms with Gasteiger partial charge in [0.05, 0.1) is 11.6 Å². The summed E-state index contributed by atoms with van der Waals surface area (Å²) in [6, 6.07) is 6.68. The maximum Gasteiger partial charge on any atom is 0.326 e. The minimum Gasteiger partial charge on any atom is -0.480 e. The summed E-state index contributed by atoms with van der Waals surface area (Å²) in [5.41, 5.74) is 1.93. The van der Waals surface area contributed by atoms with Crippen LogP contribution in [0.15, 0.2) is 24.3 Å². The molecule has 116 valence electrons. The van der Waals surface area contributed by atoms with E-state index in [-0.39, 0.29) is 24.9 Å². The summed E-state index contributed by atoms with van der Waals surface area (Å²) in [7, 11) is 0. The summed E-state index contributed by atoms with van der Waals surface area (Å²) in [4.78, 5) is 38.5. The molecule has 2 aliphatic rings. The van der Waals surface area contributed by atoms with Crippen molar-refractivity contribution in [1.29, 1.82) is 0 Å². The number of carbonyl (C=O) groups is 3. The maximum absolute atomic E-state index is 12.5. The molecule has 1 saturated heterocycles. The van der Waals surface area contributed by atoms with E-state index in [0.717, 1.165) is 11.1 Å². The first-order chi connectivity index (χ1) is 10.6. The summed E-state index contributed by atoms with van der Waals surface area (Å²) in [6.07, 6.45) is 0.305. The van der Waals surface area contributed by atoms with Gasteiger partial charge in [0.15, 0.2) is 0 Å². The monoisotopic (exact) mass is 320 g/mol. The van der Waals surface area contributed by atoms with Gasteiger partial charge in [-0.15, -0.1) is 11.8 Å². The van der Waals surface area contributed by atoms with Gasteiger partial charge in [0, 0.05) is 13.0 Å². The Morgan fingerprint density at radius 2 is 2.00 bits per heavy atom. The lowest BCUT2D eigenvalue weighted by Gasteiger charge is -2.35. The van der Waals surface area contributed by atoms with Crippen LogP contribution < -0.4 is 0 Å². The number of hydrogen-bond acceptors (Lipinski definition) is 4. The Morgan fingerprint density at radius 3 is 2.64 bits per heavy atom. The second-order valence-electron chi connectivity index (χ2n) is 5.42. The van der Waals surface area contributed by atoms with Crippen molar-refractivity contribution >= 4 is 29.5 Å². The zero-order valence-corrected chi connectivity index (χ0v) is 12.7. The molecule has 1 N–H and O–H groups in total. The van der Waals surface area contributed by atoms with Crippen LogP contribution in [0, 0.1) is 0 Å². The molecule has 2 aliphatic heterocycles. The van der Waals surface area contributed by atoms with Gasteiger partial charge < -0.3 is 14.9 Å². The first kappa shape index (κ1) is 14.9. The van der Waals surface area contributed by atoms with Gasteiger partial charge in [-0.25, -0.2) is 4.79 Å². The highest BCUT2D eigenvalue weighted by molar-refractivity contribution is 8.00. The maximum atomic E-state index is 12.5. The van der Waals surface area contributed by atoms with Gasteiger partial charge in [0.1, 0.15) is 12.6 Å². The Hall–Kier alpha value is -2.02. The van der Waals surface area contributed by atoms with E-state index in [4.69, 9.17) is 0 Å². The molecule has 2 amide bonds. The van der Waals surface area contributed by atoms with Gasteiger partial charge in [-0.1, -0.05) is 24.3 Å². The lowest BCUT2D eigenvalue weighted by molar-refractivity contribution is -0.152. The van der Waals surface area contributed by atoms with Crippen molar-refractivity contribution in [1.82, 2.24) is 9.80 Å². The predicted molar refractivity (Wildman–Crippen MR) is 81.2 cm³/mol. The number of fused-ring (bicyclic) bond motifs is 1. The smallest absolute Gasteiger partial charge is 0.326 e. The number of thioether (sulfide) groups is 1. The van der Waals surface area contributed by atoms with Crippen LogP contribution in [0.3, 0.4) is 0 Å². The van der Waals surface area contributed by atoms with Gasteiger partial charge in [-0.05, 0) is 11.1 Å². The third kappa shape index (κ3) is 2.81. The zero-order valence-electron chi connectivity index (χ0n) is 11.9. The molecule has 0 radical (unpaired) electrons. The fraction of sp³-hybridized carbons (Fsp3) is 0.400. The molecule has 3 rings (SSSR count). The van der Waals surface area contributed by atoms with E-state index in [1.165, 1.54) is 21.6 Å². The average Bonchev–Trinajstić information content (AvgIpc) is 2.91. The van der Waals surface area contributed by atoms with Gasteiger partial charge in [-0.3, -0.25) is 9.59 Å². The number of aliphatic carboxylic acids is 1. The second kappa shape index (κ2) is 6.00. The number of hydrogen-bond donors (Lipinski definition) is 1. The van der Waals surface area contributed by atoms with Crippen LogP contribution in [0.25, 0.3) is 0 Å². The second-order valence-corrected chi connectivity index (χ2v) is 6.37. The molecule has 22 heavy (non-hydrogen) atoms. The summed E-state index contributed by atoms with van der Waals surface area (Å²) in [5.74, 6) is -0.504. The zero-order chi connectivity index (χ0) is 15.7. The summed E-state index contributed by atoms with van der Waals surface area (Å²) in [6.45, 7) is 0.235. The lowest BCUT2D eigenvalue weighted by Crippen LogP contribution is -2.51. The molecule has 0 saturated carbocycles. The SMILES string of the molecule is O=C(O)C1Cc2ccccc2CN1C(=O)CN1CSCC1=O. The average molecular weight is 320 g/mol. The molecule has 1 unspecified atom stereocenters. The Balaban J connectivity index is 1.79. The van der Waals surface area contributed by atoms with Crippen molar-refractivity contribution in [3.8, 4) is 0 Å². The quantitative estimate of drug-likeness (QED) is 0.880. The number of carboxylic acids is 1. The molecule has 0 aromatic heterocycles. The first-order valence-corrected chi connectivity index (χ1v) is 8.16. The van der Waals surface area contributed by atoms with Crippen molar-refractivity contribution in [3.63, 3.8) is 0 Å². The Kier molecular flexibility index (Phi) is 4.06. The number of rotatable bonds is 3. The van der Waals surface area contributed by atoms with E-state index >= 15 is 0 Å². The van der Waals surface area contributed by atoms with Crippen LogP contribution in [0.2, 0.25) is 0 Å². The van der Waals surface area contributed by atoms with Gasteiger partial charge in [0.25, 0.3) is 0 Å². The molecule has 7 heteroatoms. The number of carboxylic acid groups (broad SMARTS) is 1. The standard InChI is InChI=1S/C15H16N2O4S/c18-13(7-16-9-22-8-14(16)19)17-6-11-4-2-1-3-10(11)5-12(17)15(20)21/h1-4,12H,5-9H2,(H,20,21). The van der Waals surface area contributed by atoms with E-state index in [9.17, 15) is 19.5 Å². The van der Waals surface area contributed by atoms with Crippen LogP contribution in [0.4, 0.5) is 0 Å². The summed E-state index contributed by atoms with van der Waals surface area (Å²) in [5, 5.41) is 9.42. The molecule has 1 fully saturated rings. The van der Waals surface area contributed by atoms with Crippen molar-refractivity contribution in [2.24, 2.45) is 0 Å². The van der Waals surface area contributed by atoms with E-state index in [2.05, 4.69) is 0 Å². The third-order valence-corrected chi connectivity index (χ3v) is 4.95. The largest absolute Gasteiger partial charge is 0.480 e. The van der Waals surface area contributed by atoms with Crippen molar-refractivity contribution in [2.45, 2.75) is 19.0 Å². The van der Waals surface area contributed by atoms with Crippen LogP contribution in [-0.2, 0) is 27.3 Å². The highest BCUT2D eigenvalue weighted by Gasteiger charge is 2.36. The molecule has 0 spiro atoms. The molecule has 1 aromatic carbocycles. The minimum absolute atomic E-state index is 0.0439. The van der Waals surface area contributed by atoms with Crippen molar-refractivity contribution < 1.29 is 19.5 Å². The molecule has 0 bridgehead atoms. The first-order valence-electron chi connectivity index (χ1n) is 7.01. The molecule has 1 atom stereocenters. The molecular weight excluding hydrogens is 304 g/mol. The molecule has 2 heterocycles. The van der Waals surface area contributed by atoms with E-state index in [1.807, 2.05) is 24.3 Å². The molecule has 1 aromatic rings. The molecular formula is C15H16N2O4S. The van der Waals surface area contributed by atoms with E-state index in [0.29, 0.717) is 18.1 Å². The Bertz CT molecular complexity index is 634. The summed E-state index contributed by atoms with van der Waals surface area (Å²) < 4.78 is 0. The van der Waals surface area contributed by atoms with Crippen LogP contribution >= 0.6 is 11.8 Å². The summed E-state index contributed by atoms with van der Waals surface area (Å²) >= 11 is 1.46. The Morgan fingerprint density at radius 1 is 1.27 bits per heavy atom. The van der Waals surface area contributed by atoms with Gasteiger partial charge in [-0.2, -0.15) is 0 Å². The van der Waals surface area contributed by atoms with Crippen molar-refractivity contribution in [2.75, 3.05) is 18.2 Å². The Labute approximate surface area is 132 Å². The number of nitrogens with zero attached hydrogens (tertiary/aromatic N) is 2. The normalized spacial score (nSPS) is 20.9. The topological polar surface area (TPSA) is 77.9 Å². The minimum atomic E-state index is -1.01. The lowest BCUT2D eigenvalue weighted by atomic mass is 9.94.